The minimum Gasteiger partial charge on any atom is -0.487 e. The fraction of sp³-hybridized carbons (Fsp3) is 0.0714. The average Bonchev–Trinajstić information content (AvgIpc) is 2.37. The molecule has 0 aliphatic carbocycles. The first-order valence-electron chi connectivity index (χ1n) is 5.26. The van der Waals surface area contributed by atoms with Crippen LogP contribution >= 0.6 is 31.9 Å². The van der Waals surface area contributed by atoms with Crippen LogP contribution in [-0.2, 0) is 6.61 Å². The van der Waals surface area contributed by atoms with E-state index in [1.165, 1.54) is 0 Å². The monoisotopic (exact) mass is 365 g/mol. The fourth-order valence-electron chi connectivity index (χ4n) is 1.50. The second kappa shape index (κ2) is 6.03. The standard InChI is InChI=1S/C14H9Br2NO/c15-12-3-1-2-10(6-12)9-18-14-7-13(16)5-4-11(14)8-17/h1-7H,9H2. The van der Waals surface area contributed by atoms with Crippen molar-refractivity contribution in [2.45, 2.75) is 6.61 Å². The second-order valence-electron chi connectivity index (χ2n) is 3.67. The largest absolute Gasteiger partial charge is 0.487 e. The van der Waals surface area contributed by atoms with E-state index >= 15 is 0 Å². The fourth-order valence-corrected chi connectivity index (χ4v) is 2.28. The number of hydrogen-bond acceptors (Lipinski definition) is 2. The third kappa shape index (κ3) is 3.34. The molecule has 2 aromatic carbocycles. The summed E-state index contributed by atoms with van der Waals surface area (Å²) in [6.07, 6.45) is 0. The van der Waals surface area contributed by atoms with Gasteiger partial charge in [-0.1, -0.05) is 44.0 Å². The third-order valence-electron chi connectivity index (χ3n) is 2.35. The maximum absolute atomic E-state index is 9.00. The molecule has 0 fully saturated rings. The van der Waals surface area contributed by atoms with E-state index in [1.807, 2.05) is 30.3 Å². The summed E-state index contributed by atoms with van der Waals surface area (Å²) in [4.78, 5) is 0. The smallest absolute Gasteiger partial charge is 0.138 e. The van der Waals surface area contributed by atoms with Gasteiger partial charge in [-0.3, -0.25) is 0 Å². The quantitative estimate of drug-likeness (QED) is 0.791. The Morgan fingerprint density at radius 1 is 1.06 bits per heavy atom. The number of nitriles is 1. The van der Waals surface area contributed by atoms with Gasteiger partial charge in [0.2, 0.25) is 0 Å². The van der Waals surface area contributed by atoms with Gasteiger partial charge in [-0.25, -0.2) is 0 Å². The molecule has 0 N–H and O–H groups in total. The van der Waals surface area contributed by atoms with Crippen molar-refractivity contribution >= 4 is 31.9 Å². The summed E-state index contributed by atoms with van der Waals surface area (Å²) >= 11 is 6.78. The molecule has 4 heteroatoms. The molecular formula is C14H9Br2NO. The zero-order valence-corrected chi connectivity index (χ0v) is 12.5. The summed E-state index contributed by atoms with van der Waals surface area (Å²) < 4.78 is 7.58. The molecule has 90 valence electrons. The van der Waals surface area contributed by atoms with Crippen LogP contribution in [0.25, 0.3) is 0 Å². The van der Waals surface area contributed by atoms with E-state index < -0.39 is 0 Å². The van der Waals surface area contributed by atoms with Gasteiger partial charge in [-0.2, -0.15) is 5.26 Å². The Labute approximate surface area is 122 Å². The molecule has 0 heterocycles. The molecule has 0 aliphatic rings. The van der Waals surface area contributed by atoms with Crippen molar-refractivity contribution in [3.05, 3.63) is 62.5 Å². The molecule has 0 aromatic heterocycles. The predicted molar refractivity (Wildman–Crippen MR) is 77.3 cm³/mol. The van der Waals surface area contributed by atoms with Gasteiger partial charge in [-0.15, -0.1) is 0 Å². The molecule has 0 unspecified atom stereocenters. The Kier molecular flexibility index (Phi) is 4.40. The number of ether oxygens (including phenoxy) is 1. The van der Waals surface area contributed by atoms with E-state index in [1.54, 1.807) is 12.1 Å². The zero-order chi connectivity index (χ0) is 13.0. The maximum atomic E-state index is 9.00. The van der Waals surface area contributed by atoms with Crippen molar-refractivity contribution in [2.75, 3.05) is 0 Å². The molecule has 18 heavy (non-hydrogen) atoms. The lowest BCUT2D eigenvalue weighted by atomic mass is 10.2. The topological polar surface area (TPSA) is 33.0 Å². The Balaban J connectivity index is 2.15. The second-order valence-corrected chi connectivity index (χ2v) is 5.50. The van der Waals surface area contributed by atoms with E-state index in [2.05, 4.69) is 37.9 Å². The molecular weight excluding hydrogens is 358 g/mol. The molecule has 2 nitrogen and oxygen atoms in total. The van der Waals surface area contributed by atoms with Gasteiger partial charge < -0.3 is 4.74 Å². The van der Waals surface area contributed by atoms with Gasteiger partial charge in [0.15, 0.2) is 0 Å². The minimum absolute atomic E-state index is 0.435. The molecule has 2 rings (SSSR count). The van der Waals surface area contributed by atoms with Crippen molar-refractivity contribution in [2.24, 2.45) is 0 Å². The third-order valence-corrected chi connectivity index (χ3v) is 3.33. The Hall–Kier alpha value is -1.31. The minimum atomic E-state index is 0.435. The predicted octanol–water partition coefficient (Wildman–Crippen LogP) is 4.66. The average molecular weight is 367 g/mol. The van der Waals surface area contributed by atoms with Gasteiger partial charge in [0.1, 0.15) is 18.4 Å². The van der Waals surface area contributed by atoms with Gasteiger partial charge in [0.25, 0.3) is 0 Å². The van der Waals surface area contributed by atoms with Crippen molar-refractivity contribution < 1.29 is 4.74 Å². The Morgan fingerprint density at radius 3 is 2.56 bits per heavy atom. The summed E-state index contributed by atoms with van der Waals surface area (Å²) in [5.74, 6) is 0.590. The van der Waals surface area contributed by atoms with E-state index in [9.17, 15) is 0 Å². The number of benzene rings is 2. The summed E-state index contributed by atoms with van der Waals surface area (Å²) in [5, 5.41) is 9.00. The number of nitrogens with zero attached hydrogens (tertiary/aromatic N) is 1. The van der Waals surface area contributed by atoms with E-state index in [-0.39, 0.29) is 0 Å². The Morgan fingerprint density at radius 2 is 1.83 bits per heavy atom. The summed E-state index contributed by atoms with van der Waals surface area (Å²) in [6.45, 7) is 0.435. The highest BCUT2D eigenvalue weighted by Gasteiger charge is 2.04. The van der Waals surface area contributed by atoms with Gasteiger partial charge >= 0.3 is 0 Å². The van der Waals surface area contributed by atoms with Crippen LogP contribution in [0, 0.1) is 11.3 Å². The van der Waals surface area contributed by atoms with Crippen LogP contribution in [0.2, 0.25) is 0 Å². The maximum Gasteiger partial charge on any atom is 0.138 e. The van der Waals surface area contributed by atoms with Crippen molar-refractivity contribution in [1.82, 2.24) is 0 Å². The normalized spacial score (nSPS) is 9.83. The van der Waals surface area contributed by atoms with Crippen molar-refractivity contribution in [3.63, 3.8) is 0 Å². The lowest BCUT2D eigenvalue weighted by molar-refractivity contribution is 0.305. The SMILES string of the molecule is N#Cc1ccc(Br)cc1OCc1cccc(Br)c1. The van der Waals surface area contributed by atoms with Gasteiger partial charge in [0.05, 0.1) is 5.56 Å². The van der Waals surface area contributed by atoms with E-state index in [0.29, 0.717) is 17.9 Å². The molecule has 0 aliphatic heterocycles. The lowest BCUT2D eigenvalue weighted by Crippen LogP contribution is -1.97. The molecule has 0 spiro atoms. The van der Waals surface area contributed by atoms with Crippen molar-refractivity contribution in [3.8, 4) is 11.8 Å². The molecule has 0 atom stereocenters. The van der Waals surface area contributed by atoms with Gasteiger partial charge in [0, 0.05) is 8.95 Å². The van der Waals surface area contributed by atoms with Crippen molar-refractivity contribution in [1.29, 1.82) is 5.26 Å². The molecule has 0 radical (unpaired) electrons. The van der Waals surface area contributed by atoms with E-state index in [4.69, 9.17) is 10.00 Å². The molecule has 0 bridgehead atoms. The van der Waals surface area contributed by atoms with Crippen LogP contribution in [0.4, 0.5) is 0 Å². The van der Waals surface area contributed by atoms with Crippen LogP contribution < -0.4 is 4.74 Å². The number of hydrogen-bond donors (Lipinski definition) is 0. The summed E-state index contributed by atoms with van der Waals surface area (Å²) in [5.41, 5.74) is 1.58. The lowest BCUT2D eigenvalue weighted by Gasteiger charge is -2.08. The summed E-state index contributed by atoms with van der Waals surface area (Å²) in [6, 6.07) is 15.4. The molecule has 2 aromatic rings. The van der Waals surface area contributed by atoms with Gasteiger partial charge in [-0.05, 0) is 35.9 Å². The van der Waals surface area contributed by atoms with Crippen LogP contribution in [0.5, 0.6) is 5.75 Å². The Bertz CT molecular complexity index is 605. The highest BCUT2D eigenvalue weighted by molar-refractivity contribution is 9.10. The van der Waals surface area contributed by atoms with E-state index in [0.717, 1.165) is 14.5 Å². The summed E-state index contributed by atoms with van der Waals surface area (Å²) in [7, 11) is 0. The highest BCUT2D eigenvalue weighted by atomic mass is 79.9. The van der Waals surface area contributed by atoms with Crippen LogP contribution in [0.3, 0.4) is 0 Å². The first-order valence-corrected chi connectivity index (χ1v) is 6.84. The zero-order valence-electron chi connectivity index (χ0n) is 9.36. The molecule has 0 saturated heterocycles. The first-order chi connectivity index (χ1) is 8.69. The van der Waals surface area contributed by atoms with Crippen LogP contribution in [0.15, 0.2) is 51.4 Å². The number of halogens is 2. The van der Waals surface area contributed by atoms with Crippen LogP contribution in [-0.4, -0.2) is 0 Å². The highest BCUT2D eigenvalue weighted by Crippen LogP contribution is 2.24. The van der Waals surface area contributed by atoms with Crippen LogP contribution in [0.1, 0.15) is 11.1 Å². The molecule has 0 amide bonds. The first kappa shape index (κ1) is 13.1. The number of rotatable bonds is 3. The molecule has 0 saturated carbocycles.